The molecule has 3 nitrogen and oxygen atoms in total. The third kappa shape index (κ3) is 4.93. The van der Waals surface area contributed by atoms with Crippen molar-refractivity contribution in [2.45, 2.75) is 23.6 Å². The molecule has 0 radical (unpaired) electrons. The van der Waals surface area contributed by atoms with Crippen molar-refractivity contribution in [2.75, 3.05) is 6.61 Å². The Kier molecular flexibility index (Phi) is 6.46. The van der Waals surface area contributed by atoms with Gasteiger partial charge in [0, 0.05) is 29.9 Å². The minimum absolute atomic E-state index is 0.00330. The lowest BCUT2D eigenvalue weighted by atomic mass is 10.3. The number of aromatic nitrogens is 2. The topological polar surface area (TPSA) is 27.1 Å². The SMILES string of the molecule is Cc1nccn1CC(COc1cccc(F)c1)Sc1c(Cl)cccc1Cl. The van der Waals surface area contributed by atoms with E-state index in [1.807, 2.05) is 35.9 Å². The van der Waals surface area contributed by atoms with Gasteiger partial charge in [0.2, 0.25) is 0 Å². The van der Waals surface area contributed by atoms with Crippen molar-refractivity contribution < 1.29 is 9.13 Å². The van der Waals surface area contributed by atoms with Gasteiger partial charge in [-0.1, -0.05) is 35.3 Å². The van der Waals surface area contributed by atoms with Crippen LogP contribution in [0.5, 0.6) is 5.75 Å². The summed E-state index contributed by atoms with van der Waals surface area (Å²) in [6.45, 7) is 2.97. The number of imidazole rings is 1. The van der Waals surface area contributed by atoms with Crippen LogP contribution in [0.3, 0.4) is 0 Å². The summed E-state index contributed by atoms with van der Waals surface area (Å²) in [6, 6.07) is 11.5. The lowest BCUT2D eigenvalue weighted by molar-refractivity contribution is 0.306. The third-order valence-corrected chi connectivity index (χ3v) is 5.91. The molecule has 0 saturated carbocycles. The molecule has 7 heteroatoms. The zero-order valence-electron chi connectivity index (χ0n) is 14.0. The summed E-state index contributed by atoms with van der Waals surface area (Å²) in [7, 11) is 0. The molecule has 136 valence electrons. The van der Waals surface area contributed by atoms with Crippen molar-refractivity contribution in [3.63, 3.8) is 0 Å². The molecule has 2 aromatic carbocycles. The van der Waals surface area contributed by atoms with Crippen LogP contribution in [0, 0.1) is 12.7 Å². The van der Waals surface area contributed by atoms with E-state index in [0.29, 0.717) is 28.9 Å². The molecule has 26 heavy (non-hydrogen) atoms. The van der Waals surface area contributed by atoms with Gasteiger partial charge in [0.15, 0.2) is 0 Å². The van der Waals surface area contributed by atoms with E-state index in [2.05, 4.69) is 4.98 Å². The van der Waals surface area contributed by atoms with Gasteiger partial charge in [0.05, 0.1) is 15.3 Å². The van der Waals surface area contributed by atoms with Crippen LogP contribution in [0.4, 0.5) is 4.39 Å². The van der Waals surface area contributed by atoms with Crippen LogP contribution in [0.2, 0.25) is 10.0 Å². The van der Waals surface area contributed by atoms with Crippen molar-refractivity contribution >= 4 is 35.0 Å². The highest BCUT2D eigenvalue weighted by Crippen LogP contribution is 2.37. The molecule has 0 aliphatic heterocycles. The number of nitrogens with zero attached hydrogens (tertiary/aromatic N) is 2. The molecule has 0 spiro atoms. The number of thioether (sulfide) groups is 1. The van der Waals surface area contributed by atoms with Gasteiger partial charge in [-0.3, -0.25) is 0 Å². The van der Waals surface area contributed by atoms with E-state index >= 15 is 0 Å². The smallest absolute Gasteiger partial charge is 0.126 e. The lowest BCUT2D eigenvalue weighted by Gasteiger charge is -2.20. The van der Waals surface area contributed by atoms with Crippen molar-refractivity contribution in [1.82, 2.24) is 9.55 Å². The average molecular weight is 411 g/mol. The molecule has 1 atom stereocenters. The summed E-state index contributed by atoms with van der Waals surface area (Å²) in [4.78, 5) is 5.06. The first-order valence-electron chi connectivity index (χ1n) is 7.99. The predicted octanol–water partition coefficient (Wildman–Crippen LogP) is 5.88. The molecular weight excluding hydrogens is 394 g/mol. The molecule has 1 unspecified atom stereocenters. The fraction of sp³-hybridized carbons (Fsp3) is 0.211. The Labute approximate surface area is 166 Å². The summed E-state index contributed by atoms with van der Waals surface area (Å²) in [5.74, 6) is 1.07. The van der Waals surface area contributed by atoms with E-state index in [0.717, 1.165) is 10.7 Å². The molecule has 0 aliphatic rings. The molecule has 0 saturated heterocycles. The lowest BCUT2D eigenvalue weighted by Crippen LogP contribution is -2.21. The van der Waals surface area contributed by atoms with Crippen molar-refractivity contribution in [1.29, 1.82) is 0 Å². The van der Waals surface area contributed by atoms with Crippen LogP contribution in [-0.2, 0) is 6.54 Å². The quantitative estimate of drug-likeness (QED) is 0.455. The van der Waals surface area contributed by atoms with Gasteiger partial charge in [-0.05, 0) is 31.2 Å². The highest BCUT2D eigenvalue weighted by molar-refractivity contribution is 8.00. The van der Waals surface area contributed by atoms with Gasteiger partial charge >= 0.3 is 0 Å². The molecule has 3 rings (SSSR count). The fourth-order valence-electron chi connectivity index (χ4n) is 2.45. The molecular formula is C19H17Cl2FN2OS. The van der Waals surface area contributed by atoms with E-state index in [-0.39, 0.29) is 11.1 Å². The number of benzene rings is 2. The summed E-state index contributed by atoms with van der Waals surface area (Å²) in [5.41, 5.74) is 0. The largest absolute Gasteiger partial charge is 0.492 e. The number of halogens is 3. The Morgan fingerprint density at radius 2 is 1.92 bits per heavy atom. The van der Waals surface area contributed by atoms with E-state index < -0.39 is 0 Å². The summed E-state index contributed by atoms with van der Waals surface area (Å²) in [5, 5.41) is 1.20. The molecule has 0 bridgehead atoms. The third-order valence-electron chi connectivity index (χ3n) is 3.76. The number of hydrogen-bond donors (Lipinski definition) is 0. The van der Waals surface area contributed by atoms with Crippen LogP contribution in [0.15, 0.2) is 59.8 Å². The second kappa shape index (κ2) is 8.80. The maximum atomic E-state index is 13.4. The minimum atomic E-state index is -0.327. The number of rotatable bonds is 7. The molecule has 1 heterocycles. The van der Waals surface area contributed by atoms with Gasteiger partial charge in [0.25, 0.3) is 0 Å². The first-order valence-corrected chi connectivity index (χ1v) is 9.63. The average Bonchev–Trinajstić information content (AvgIpc) is 3.01. The van der Waals surface area contributed by atoms with E-state index in [1.165, 1.54) is 12.1 Å². The molecule has 0 aliphatic carbocycles. The minimum Gasteiger partial charge on any atom is -0.492 e. The maximum absolute atomic E-state index is 13.4. The van der Waals surface area contributed by atoms with Crippen LogP contribution < -0.4 is 4.74 Å². The van der Waals surface area contributed by atoms with Crippen molar-refractivity contribution in [3.8, 4) is 5.75 Å². The Hall–Kier alpha value is -1.69. The first kappa shape index (κ1) is 19.1. The Bertz CT molecular complexity index is 867. The summed E-state index contributed by atoms with van der Waals surface area (Å²) >= 11 is 14.2. The van der Waals surface area contributed by atoms with Gasteiger partial charge < -0.3 is 9.30 Å². The fourth-order valence-corrected chi connectivity index (χ4v) is 4.18. The van der Waals surface area contributed by atoms with Crippen LogP contribution >= 0.6 is 35.0 Å². The molecule has 3 aromatic rings. The molecule has 0 amide bonds. The van der Waals surface area contributed by atoms with Crippen LogP contribution in [-0.4, -0.2) is 21.4 Å². The molecule has 0 fully saturated rings. The second-order valence-electron chi connectivity index (χ2n) is 5.69. The van der Waals surface area contributed by atoms with E-state index in [4.69, 9.17) is 27.9 Å². The maximum Gasteiger partial charge on any atom is 0.126 e. The van der Waals surface area contributed by atoms with Crippen molar-refractivity contribution in [2.24, 2.45) is 0 Å². The van der Waals surface area contributed by atoms with Gasteiger partial charge in [-0.15, -0.1) is 11.8 Å². The standard InChI is InChI=1S/C19H17Cl2FN2OS/c1-13-23-8-9-24(13)11-16(12-25-15-5-2-4-14(22)10-15)26-19-17(20)6-3-7-18(19)21/h2-10,16H,11-12H2,1H3. The van der Waals surface area contributed by atoms with Crippen LogP contribution in [0.1, 0.15) is 5.82 Å². The Morgan fingerprint density at radius 3 is 2.58 bits per heavy atom. The summed E-state index contributed by atoms with van der Waals surface area (Å²) < 4.78 is 21.2. The second-order valence-corrected chi connectivity index (χ2v) is 7.81. The Balaban J connectivity index is 1.78. The Morgan fingerprint density at radius 1 is 1.19 bits per heavy atom. The van der Waals surface area contributed by atoms with Gasteiger partial charge in [-0.2, -0.15) is 0 Å². The van der Waals surface area contributed by atoms with E-state index in [1.54, 1.807) is 30.1 Å². The number of aryl methyl sites for hydroxylation is 1. The van der Waals surface area contributed by atoms with Gasteiger partial charge in [0.1, 0.15) is 24.0 Å². The highest BCUT2D eigenvalue weighted by atomic mass is 35.5. The predicted molar refractivity (Wildman–Crippen MR) is 105 cm³/mol. The zero-order chi connectivity index (χ0) is 18.5. The molecule has 1 aromatic heterocycles. The number of ether oxygens (including phenoxy) is 1. The summed E-state index contributed by atoms with van der Waals surface area (Å²) in [6.07, 6.45) is 3.67. The number of hydrogen-bond acceptors (Lipinski definition) is 3. The molecule has 0 N–H and O–H groups in total. The zero-order valence-corrected chi connectivity index (χ0v) is 16.4. The normalized spacial score (nSPS) is 12.2. The van der Waals surface area contributed by atoms with Crippen molar-refractivity contribution in [3.05, 3.63) is 76.5 Å². The highest BCUT2D eigenvalue weighted by Gasteiger charge is 2.18. The first-order chi connectivity index (χ1) is 12.5. The van der Waals surface area contributed by atoms with Gasteiger partial charge in [-0.25, -0.2) is 9.37 Å². The van der Waals surface area contributed by atoms with E-state index in [9.17, 15) is 4.39 Å². The van der Waals surface area contributed by atoms with Crippen LogP contribution in [0.25, 0.3) is 0 Å². The monoisotopic (exact) mass is 410 g/mol.